The van der Waals surface area contributed by atoms with Crippen LogP contribution in [0.1, 0.15) is 150 Å². The molecule has 0 aromatic heterocycles. The van der Waals surface area contributed by atoms with Crippen molar-refractivity contribution in [2.75, 3.05) is 0 Å². The molecule has 2 atom stereocenters. The molecule has 0 saturated heterocycles. The van der Waals surface area contributed by atoms with Crippen LogP contribution in [0.3, 0.4) is 0 Å². The lowest BCUT2D eigenvalue weighted by Gasteiger charge is -2.24. The first-order chi connectivity index (χ1) is 12.3. The molecule has 0 aromatic rings. The Morgan fingerprint density at radius 3 is 1.24 bits per heavy atom. The minimum Gasteiger partial charge on any atom is -0.0654 e. The van der Waals surface area contributed by atoms with Gasteiger partial charge in [0.05, 0.1) is 0 Å². The summed E-state index contributed by atoms with van der Waals surface area (Å²) in [5, 5.41) is 0. The van der Waals surface area contributed by atoms with Crippen LogP contribution in [-0.2, 0) is 0 Å². The van der Waals surface area contributed by atoms with Crippen molar-refractivity contribution in [2.24, 2.45) is 11.8 Å². The molecule has 0 amide bonds. The summed E-state index contributed by atoms with van der Waals surface area (Å²) in [5.41, 5.74) is 0. The predicted octanol–water partition coefficient (Wildman–Crippen LogP) is 9.71. The largest absolute Gasteiger partial charge is 0.0654 e. The molecule has 0 spiro atoms. The SMILES string of the molecule is CCCCCCCCC(CCC)CC(CCCC)CCCCCCC. The van der Waals surface area contributed by atoms with Gasteiger partial charge in [-0.05, 0) is 18.3 Å². The van der Waals surface area contributed by atoms with Crippen molar-refractivity contribution in [3.05, 3.63) is 0 Å². The summed E-state index contributed by atoms with van der Waals surface area (Å²) in [6, 6.07) is 0. The summed E-state index contributed by atoms with van der Waals surface area (Å²) in [6.07, 6.45) is 27.7. The van der Waals surface area contributed by atoms with E-state index in [0.29, 0.717) is 0 Å². The van der Waals surface area contributed by atoms with E-state index in [9.17, 15) is 0 Å². The fraction of sp³-hybridized carbons (Fsp3) is 1.00. The van der Waals surface area contributed by atoms with Crippen LogP contribution < -0.4 is 0 Å². The molecule has 0 heterocycles. The van der Waals surface area contributed by atoms with Crippen molar-refractivity contribution in [1.29, 1.82) is 0 Å². The van der Waals surface area contributed by atoms with Gasteiger partial charge in [-0.1, -0.05) is 143 Å². The van der Waals surface area contributed by atoms with E-state index in [1.165, 1.54) is 122 Å². The fourth-order valence-corrected chi connectivity index (χ4v) is 4.38. The Hall–Kier alpha value is 0. The van der Waals surface area contributed by atoms with E-state index < -0.39 is 0 Å². The third-order valence-electron chi connectivity index (χ3n) is 6.01. The highest BCUT2D eigenvalue weighted by molar-refractivity contribution is 4.68. The lowest BCUT2D eigenvalue weighted by atomic mass is 9.82. The van der Waals surface area contributed by atoms with Crippen LogP contribution >= 0.6 is 0 Å². The molecule has 0 radical (unpaired) electrons. The Balaban J connectivity index is 4.10. The van der Waals surface area contributed by atoms with Gasteiger partial charge in [0.2, 0.25) is 0 Å². The highest BCUT2D eigenvalue weighted by Crippen LogP contribution is 2.30. The molecule has 25 heavy (non-hydrogen) atoms. The lowest BCUT2D eigenvalue weighted by Crippen LogP contribution is -2.10. The summed E-state index contributed by atoms with van der Waals surface area (Å²) in [4.78, 5) is 0. The second kappa shape index (κ2) is 20.3. The third kappa shape index (κ3) is 17.2. The quantitative estimate of drug-likeness (QED) is 0.191. The normalized spacial score (nSPS) is 13.9. The first-order valence-corrected chi connectivity index (χ1v) is 12.3. The van der Waals surface area contributed by atoms with Gasteiger partial charge in [-0.2, -0.15) is 0 Å². The van der Waals surface area contributed by atoms with E-state index in [-0.39, 0.29) is 0 Å². The van der Waals surface area contributed by atoms with Gasteiger partial charge >= 0.3 is 0 Å². The molecule has 0 bridgehead atoms. The zero-order chi connectivity index (χ0) is 18.6. The molecule has 2 unspecified atom stereocenters. The Kier molecular flexibility index (Phi) is 20.3. The van der Waals surface area contributed by atoms with Gasteiger partial charge in [0.25, 0.3) is 0 Å². The molecule has 0 aliphatic heterocycles. The molecule has 0 N–H and O–H groups in total. The maximum atomic E-state index is 2.39. The molecule has 152 valence electrons. The van der Waals surface area contributed by atoms with Gasteiger partial charge in [0, 0.05) is 0 Å². The zero-order valence-electron chi connectivity index (χ0n) is 18.6. The Morgan fingerprint density at radius 2 is 0.760 bits per heavy atom. The van der Waals surface area contributed by atoms with Crippen molar-refractivity contribution in [1.82, 2.24) is 0 Å². The van der Waals surface area contributed by atoms with Crippen LogP contribution in [0.5, 0.6) is 0 Å². The van der Waals surface area contributed by atoms with E-state index in [0.717, 1.165) is 11.8 Å². The van der Waals surface area contributed by atoms with Gasteiger partial charge in [0.15, 0.2) is 0 Å². The maximum absolute atomic E-state index is 2.39. The maximum Gasteiger partial charge on any atom is -0.0412 e. The average molecular weight is 353 g/mol. The van der Waals surface area contributed by atoms with Gasteiger partial charge in [-0.15, -0.1) is 0 Å². The van der Waals surface area contributed by atoms with Crippen molar-refractivity contribution in [2.45, 2.75) is 150 Å². The fourth-order valence-electron chi connectivity index (χ4n) is 4.38. The highest BCUT2D eigenvalue weighted by atomic mass is 14.2. The van der Waals surface area contributed by atoms with Gasteiger partial charge in [0.1, 0.15) is 0 Å². The molecular weight excluding hydrogens is 300 g/mol. The molecule has 0 saturated carbocycles. The second-order valence-electron chi connectivity index (χ2n) is 8.66. The number of hydrogen-bond donors (Lipinski definition) is 0. The summed E-state index contributed by atoms with van der Waals surface area (Å²) in [5.74, 6) is 2.05. The van der Waals surface area contributed by atoms with E-state index in [4.69, 9.17) is 0 Å². The van der Waals surface area contributed by atoms with Gasteiger partial charge in [-0.3, -0.25) is 0 Å². The average Bonchev–Trinajstić information content (AvgIpc) is 2.62. The van der Waals surface area contributed by atoms with Crippen LogP contribution in [-0.4, -0.2) is 0 Å². The minimum absolute atomic E-state index is 1.02. The standard InChI is InChI=1S/C25H52/c1-5-9-12-14-16-18-21-24(19-8-4)23-25(20-11-7-3)22-17-15-13-10-6-2/h24-25H,5-23H2,1-4H3. The third-order valence-corrected chi connectivity index (χ3v) is 6.01. The summed E-state index contributed by atoms with van der Waals surface area (Å²) in [7, 11) is 0. The predicted molar refractivity (Wildman–Crippen MR) is 117 cm³/mol. The number of unbranched alkanes of at least 4 members (excludes halogenated alkanes) is 10. The summed E-state index contributed by atoms with van der Waals surface area (Å²) >= 11 is 0. The van der Waals surface area contributed by atoms with Gasteiger partial charge < -0.3 is 0 Å². The Bertz CT molecular complexity index is 232. The molecule has 0 fully saturated rings. The van der Waals surface area contributed by atoms with Crippen molar-refractivity contribution < 1.29 is 0 Å². The topological polar surface area (TPSA) is 0 Å². The summed E-state index contributed by atoms with van der Waals surface area (Å²) in [6.45, 7) is 9.38. The van der Waals surface area contributed by atoms with Crippen molar-refractivity contribution in [3.63, 3.8) is 0 Å². The summed E-state index contributed by atoms with van der Waals surface area (Å²) < 4.78 is 0. The molecular formula is C25H52. The second-order valence-corrected chi connectivity index (χ2v) is 8.66. The highest BCUT2D eigenvalue weighted by Gasteiger charge is 2.15. The first-order valence-electron chi connectivity index (χ1n) is 12.3. The van der Waals surface area contributed by atoms with Crippen LogP contribution in [0, 0.1) is 11.8 Å². The van der Waals surface area contributed by atoms with Crippen LogP contribution in [0.4, 0.5) is 0 Å². The minimum atomic E-state index is 1.02. The van der Waals surface area contributed by atoms with E-state index in [1.807, 2.05) is 0 Å². The van der Waals surface area contributed by atoms with Gasteiger partial charge in [-0.25, -0.2) is 0 Å². The van der Waals surface area contributed by atoms with Crippen molar-refractivity contribution in [3.8, 4) is 0 Å². The first kappa shape index (κ1) is 25.0. The Labute approximate surface area is 161 Å². The van der Waals surface area contributed by atoms with E-state index in [1.54, 1.807) is 0 Å². The smallest absolute Gasteiger partial charge is 0.0412 e. The molecule has 0 heteroatoms. The van der Waals surface area contributed by atoms with Crippen LogP contribution in [0.15, 0.2) is 0 Å². The van der Waals surface area contributed by atoms with E-state index in [2.05, 4.69) is 27.7 Å². The lowest BCUT2D eigenvalue weighted by molar-refractivity contribution is 0.288. The number of rotatable bonds is 20. The monoisotopic (exact) mass is 352 g/mol. The Morgan fingerprint density at radius 1 is 0.360 bits per heavy atom. The molecule has 0 rings (SSSR count). The molecule has 0 aliphatic rings. The van der Waals surface area contributed by atoms with Crippen LogP contribution in [0.25, 0.3) is 0 Å². The number of hydrogen-bond acceptors (Lipinski definition) is 0. The van der Waals surface area contributed by atoms with Crippen LogP contribution in [0.2, 0.25) is 0 Å². The molecule has 0 nitrogen and oxygen atoms in total. The van der Waals surface area contributed by atoms with Crippen molar-refractivity contribution >= 4 is 0 Å². The zero-order valence-corrected chi connectivity index (χ0v) is 18.6. The molecule has 0 aliphatic carbocycles. The van der Waals surface area contributed by atoms with E-state index >= 15 is 0 Å². The molecule has 0 aromatic carbocycles.